The van der Waals surface area contributed by atoms with E-state index in [1.54, 1.807) is 0 Å². The zero-order chi connectivity index (χ0) is 19.2. The van der Waals surface area contributed by atoms with Gasteiger partial charge in [0.2, 0.25) is 5.91 Å². The second kappa shape index (κ2) is 6.67. The number of benzene rings is 1. The summed E-state index contributed by atoms with van der Waals surface area (Å²) in [6.07, 6.45) is 3.14. The topological polar surface area (TPSA) is 94.3 Å². The number of H-pyrrole nitrogens is 1. The van der Waals surface area contributed by atoms with Crippen molar-refractivity contribution in [3.05, 3.63) is 33.9 Å². The van der Waals surface area contributed by atoms with Crippen LogP contribution in [0.4, 0.5) is 4.79 Å². The van der Waals surface area contributed by atoms with E-state index < -0.39 is 11.6 Å². The number of hydrogen-bond donors (Lipinski definition) is 3. The number of nitrogens with one attached hydrogen (secondary N) is 3. The van der Waals surface area contributed by atoms with Crippen molar-refractivity contribution in [2.45, 2.75) is 44.7 Å². The van der Waals surface area contributed by atoms with Crippen molar-refractivity contribution < 1.29 is 14.4 Å². The smallest absolute Gasteiger partial charge is 0.325 e. The van der Waals surface area contributed by atoms with Crippen molar-refractivity contribution in [2.24, 2.45) is 0 Å². The Morgan fingerprint density at radius 3 is 2.74 bits per heavy atom. The van der Waals surface area contributed by atoms with Crippen molar-refractivity contribution in [1.82, 2.24) is 20.5 Å². The molecular formula is C19H21BrN4O3. The van der Waals surface area contributed by atoms with Crippen LogP contribution in [0.5, 0.6) is 0 Å². The van der Waals surface area contributed by atoms with Crippen LogP contribution < -0.4 is 10.6 Å². The second-order valence-electron chi connectivity index (χ2n) is 7.37. The van der Waals surface area contributed by atoms with Gasteiger partial charge in [0.05, 0.1) is 6.54 Å². The van der Waals surface area contributed by atoms with Gasteiger partial charge in [-0.15, -0.1) is 0 Å². The summed E-state index contributed by atoms with van der Waals surface area (Å²) in [6, 6.07) is 5.55. The maximum atomic E-state index is 12.6. The molecule has 1 aromatic heterocycles. The molecule has 0 unspecified atom stereocenters. The molecule has 2 fully saturated rings. The fourth-order valence-electron chi connectivity index (χ4n) is 4.06. The number of rotatable bonds is 4. The molecule has 27 heavy (non-hydrogen) atoms. The molecule has 0 bridgehead atoms. The molecule has 1 aliphatic carbocycles. The summed E-state index contributed by atoms with van der Waals surface area (Å²) >= 11 is 3.48. The number of carbonyl (C=O) groups is 3. The van der Waals surface area contributed by atoms with E-state index in [0.717, 1.165) is 44.4 Å². The third-order valence-electron chi connectivity index (χ3n) is 5.43. The minimum atomic E-state index is -0.778. The molecule has 4 rings (SSSR count). The van der Waals surface area contributed by atoms with Gasteiger partial charge in [0.25, 0.3) is 5.91 Å². The van der Waals surface area contributed by atoms with Crippen LogP contribution in [0, 0.1) is 6.92 Å². The second-order valence-corrected chi connectivity index (χ2v) is 8.28. The van der Waals surface area contributed by atoms with Gasteiger partial charge < -0.3 is 15.6 Å². The Labute approximate surface area is 165 Å². The van der Waals surface area contributed by atoms with Crippen LogP contribution in [0.3, 0.4) is 0 Å². The van der Waals surface area contributed by atoms with Crippen molar-refractivity contribution in [2.75, 3.05) is 6.54 Å². The molecule has 1 spiro atoms. The van der Waals surface area contributed by atoms with Crippen LogP contribution in [0.1, 0.15) is 36.9 Å². The molecule has 142 valence electrons. The molecule has 0 radical (unpaired) electrons. The first-order chi connectivity index (χ1) is 12.9. The normalized spacial score (nSPS) is 18.5. The summed E-state index contributed by atoms with van der Waals surface area (Å²) in [4.78, 5) is 41.4. The average molecular weight is 433 g/mol. The van der Waals surface area contributed by atoms with E-state index in [0.29, 0.717) is 19.4 Å². The number of aryl methyl sites for hydroxylation is 1. The number of urea groups is 1. The number of imide groups is 1. The molecule has 7 nitrogen and oxygen atoms in total. The highest BCUT2D eigenvalue weighted by atomic mass is 79.9. The Bertz CT molecular complexity index is 946. The maximum absolute atomic E-state index is 12.6. The number of halogens is 1. The number of hydrogen-bond acceptors (Lipinski definition) is 3. The largest absolute Gasteiger partial charge is 0.357 e. The number of fused-ring (bicyclic) bond motifs is 1. The molecule has 2 aromatic rings. The van der Waals surface area contributed by atoms with Crippen LogP contribution in [0.25, 0.3) is 10.9 Å². The van der Waals surface area contributed by atoms with Gasteiger partial charge in [-0.05, 0) is 43.5 Å². The Hall–Kier alpha value is -2.35. The van der Waals surface area contributed by atoms with Gasteiger partial charge in [-0.1, -0.05) is 28.8 Å². The maximum Gasteiger partial charge on any atom is 0.325 e. The Morgan fingerprint density at radius 2 is 2.00 bits per heavy atom. The van der Waals surface area contributed by atoms with Crippen molar-refractivity contribution in [1.29, 1.82) is 0 Å². The first kappa shape index (κ1) is 18.0. The first-order valence-corrected chi connectivity index (χ1v) is 9.86. The van der Waals surface area contributed by atoms with E-state index in [1.165, 1.54) is 0 Å². The highest BCUT2D eigenvalue weighted by Crippen LogP contribution is 2.34. The standard InChI is InChI=1S/C19H21BrN4O3/c1-11-6-13(20)7-12-8-14(22-16(11)12)9-21-15(25)10-24-17(26)19(23-18(24)27)4-2-3-5-19/h6-8,22H,2-5,9-10H2,1H3,(H,21,25)(H,23,27). The number of carbonyl (C=O) groups excluding carboxylic acids is 3. The molecule has 1 saturated heterocycles. The van der Waals surface area contributed by atoms with E-state index in [-0.39, 0.29) is 18.4 Å². The number of amides is 4. The zero-order valence-corrected chi connectivity index (χ0v) is 16.6. The van der Waals surface area contributed by atoms with Gasteiger partial charge in [-0.25, -0.2) is 4.79 Å². The molecule has 0 atom stereocenters. The van der Waals surface area contributed by atoms with Gasteiger partial charge in [0.1, 0.15) is 12.1 Å². The Morgan fingerprint density at radius 1 is 1.26 bits per heavy atom. The summed E-state index contributed by atoms with van der Waals surface area (Å²) in [5.41, 5.74) is 2.22. The number of aromatic nitrogens is 1. The van der Waals surface area contributed by atoms with Crippen molar-refractivity contribution >= 4 is 44.7 Å². The molecule has 1 aliphatic heterocycles. The lowest BCUT2D eigenvalue weighted by molar-refractivity contribution is -0.134. The summed E-state index contributed by atoms with van der Waals surface area (Å²) in [6.45, 7) is 2.07. The van der Waals surface area contributed by atoms with Crippen molar-refractivity contribution in [3.63, 3.8) is 0 Å². The van der Waals surface area contributed by atoms with Crippen LogP contribution in [0.15, 0.2) is 22.7 Å². The van der Waals surface area contributed by atoms with Gasteiger partial charge in [0, 0.05) is 21.1 Å². The highest BCUT2D eigenvalue weighted by Gasteiger charge is 2.52. The summed E-state index contributed by atoms with van der Waals surface area (Å²) in [5, 5.41) is 6.63. The van der Waals surface area contributed by atoms with E-state index >= 15 is 0 Å². The van der Waals surface area contributed by atoms with Gasteiger partial charge >= 0.3 is 6.03 Å². The summed E-state index contributed by atoms with van der Waals surface area (Å²) in [7, 11) is 0. The van der Waals surface area contributed by atoms with E-state index in [9.17, 15) is 14.4 Å². The van der Waals surface area contributed by atoms with E-state index in [2.05, 4.69) is 31.5 Å². The fraction of sp³-hybridized carbons (Fsp3) is 0.421. The van der Waals surface area contributed by atoms with Crippen LogP contribution in [-0.2, 0) is 16.1 Å². The summed E-state index contributed by atoms with van der Waals surface area (Å²) < 4.78 is 1.00. The monoisotopic (exact) mass is 432 g/mol. The van der Waals surface area contributed by atoms with Crippen molar-refractivity contribution in [3.8, 4) is 0 Å². The Kier molecular flexibility index (Phi) is 4.46. The fourth-order valence-corrected chi connectivity index (χ4v) is 4.65. The molecule has 2 heterocycles. The molecule has 2 aliphatic rings. The highest BCUT2D eigenvalue weighted by molar-refractivity contribution is 9.10. The van der Waals surface area contributed by atoms with Gasteiger partial charge in [0.15, 0.2) is 0 Å². The molecular weight excluding hydrogens is 412 g/mol. The van der Waals surface area contributed by atoms with Crippen LogP contribution in [0.2, 0.25) is 0 Å². The summed E-state index contributed by atoms with van der Waals surface area (Å²) in [5.74, 6) is -0.628. The van der Waals surface area contributed by atoms with Gasteiger partial charge in [-0.2, -0.15) is 0 Å². The minimum Gasteiger partial charge on any atom is -0.357 e. The van der Waals surface area contributed by atoms with E-state index in [1.807, 2.05) is 25.1 Å². The molecule has 3 N–H and O–H groups in total. The third kappa shape index (κ3) is 3.22. The first-order valence-electron chi connectivity index (χ1n) is 9.06. The predicted octanol–water partition coefficient (Wildman–Crippen LogP) is 2.72. The molecule has 4 amide bonds. The minimum absolute atomic E-state index is 0.253. The molecule has 8 heteroatoms. The lowest BCUT2D eigenvalue weighted by Gasteiger charge is -2.19. The zero-order valence-electron chi connectivity index (χ0n) is 15.0. The SMILES string of the molecule is Cc1cc(Br)cc2cc(CNC(=O)CN3C(=O)NC4(CCCC4)C3=O)[nH]c12. The molecule has 1 saturated carbocycles. The average Bonchev–Trinajstić information content (AvgIpc) is 3.29. The number of aromatic amines is 1. The van der Waals surface area contributed by atoms with E-state index in [4.69, 9.17) is 0 Å². The Balaban J connectivity index is 1.39. The molecule has 1 aromatic carbocycles. The predicted molar refractivity (Wildman–Crippen MR) is 104 cm³/mol. The lowest BCUT2D eigenvalue weighted by Crippen LogP contribution is -2.45. The lowest BCUT2D eigenvalue weighted by atomic mass is 9.98. The number of nitrogens with zero attached hydrogens (tertiary/aromatic N) is 1. The van der Waals surface area contributed by atoms with Crippen LogP contribution in [-0.4, -0.2) is 39.8 Å². The quantitative estimate of drug-likeness (QED) is 0.648. The third-order valence-corrected chi connectivity index (χ3v) is 5.88. The van der Waals surface area contributed by atoms with Crippen LogP contribution >= 0.6 is 15.9 Å². The van der Waals surface area contributed by atoms with Gasteiger partial charge in [-0.3, -0.25) is 14.5 Å².